The van der Waals surface area contributed by atoms with E-state index in [4.69, 9.17) is 0 Å². The third kappa shape index (κ3) is 8.05. The Morgan fingerprint density at radius 3 is 2.30 bits per heavy atom. The highest BCUT2D eigenvalue weighted by Gasteiger charge is 2.32. The zero-order valence-electron chi connectivity index (χ0n) is 17.5. The molecule has 1 aliphatic heterocycles. The summed E-state index contributed by atoms with van der Waals surface area (Å²) in [5.74, 6) is -0.255. The summed E-state index contributed by atoms with van der Waals surface area (Å²) < 4.78 is 39.6. The minimum atomic E-state index is -4.48. The van der Waals surface area contributed by atoms with Crippen molar-refractivity contribution in [3.63, 3.8) is 0 Å². The van der Waals surface area contributed by atoms with Crippen LogP contribution in [0.3, 0.4) is 0 Å². The average molecular weight is 539 g/mol. The second-order valence-corrected chi connectivity index (χ2v) is 9.54. The number of likely N-dealkylation sites (tertiary alicyclic amines) is 1. The van der Waals surface area contributed by atoms with E-state index in [0.29, 0.717) is 23.1 Å². The second kappa shape index (κ2) is 10.3. The second-order valence-electron chi connectivity index (χ2n) is 8.78. The molecule has 2 amide bonds. The zero-order valence-corrected chi connectivity index (χ0v) is 19.7. The highest BCUT2D eigenvalue weighted by atomic mass is 127. The maximum absolute atomic E-state index is 13.1. The number of piperidine rings is 1. The van der Waals surface area contributed by atoms with Gasteiger partial charge in [0.1, 0.15) is 0 Å². The number of amides is 2. The molecular weight excluding hydrogens is 510 g/mol. The van der Waals surface area contributed by atoms with Gasteiger partial charge in [-0.15, -0.1) is 0 Å². The molecule has 0 unspecified atom stereocenters. The molecule has 168 valence electrons. The summed E-state index contributed by atoms with van der Waals surface area (Å²) in [5, 5.41) is 5.72. The summed E-state index contributed by atoms with van der Waals surface area (Å²) in [5.41, 5.74) is -0.561. The summed E-state index contributed by atoms with van der Waals surface area (Å²) in [6, 6.07) is 3.49. The van der Waals surface area contributed by atoms with Crippen molar-refractivity contribution in [3.8, 4) is 0 Å². The Hall–Kier alpha value is -1.36. The highest BCUT2D eigenvalue weighted by molar-refractivity contribution is 14.1. The van der Waals surface area contributed by atoms with E-state index in [1.54, 1.807) is 0 Å². The van der Waals surface area contributed by atoms with Crippen LogP contribution in [0, 0.1) is 5.92 Å². The Morgan fingerprint density at radius 1 is 1.13 bits per heavy atom. The maximum atomic E-state index is 13.1. The van der Waals surface area contributed by atoms with Gasteiger partial charge in [-0.25, -0.2) is 0 Å². The third-order valence-corrected chi connectivity index (χ3v) is 5.76. The van der Waals surface area contributed by atoms with Gasteiger partial charge in [-0.3, -0.25) is 14.5 Å². The van der Waals surface area contributed by atoms with Crippen LogP contribution in [0.2, 0.25) is 0 Å². The van der Waals surface area contributed by atoms with Gasteiger partial charge in [-0.1, -0.05) is 22.6 Å². The first kappa shape index (κ1) is 24.9. The van der Waals surface area contributed by atoms with E-state index in [-0.39, 0.29) is 22.9 Å². The summed E-state index contributed by atoms with van der Waals surface area (Å²) >= 11 is 1.98. The molecule has 0 atom stereocenters. The Balaban J connectivity index is 1.85. The molecule has 1 aromatic rings. The van der Waals surface area contributed by atoms with Gasteiger partial charge in [0.05, 0.1) is 12.1 Å². The van der Waals surface area contributed by atoms with Gasteiger partial charge in [0, 0.05) is 22.1 Å². The largest absolute Gasteiger partial charge is 0.416 e. The average Bonchev–Trinajstić information content (AvgIpc) is 2.64. The van der Waals surface area contributed by atoms with Crippen LogP contribution in [0.25, 0.3) is 0 Å². The molecule has 0 aliphatic carbocycles. The molecule has 2 N–H and O–H groups in total. The molecule has 1 aromatic carbocycles. The summed E-state index contributed by atoms with van der Waals surface area (Å²) in [4.78, 5) is 26.6. The van der Waals surface area contributed by atoms with Gasteiger partial charge < -0.3 is 10.6 Å². The molecule has 1 saturated heterocycles. The van der Waals surface area contributed by atoms with Crippen molar-refractivity contribution in [1.82, 2.24) is 15.5 Å². The van der Waals surface area contributed by atoms with E-state index in [2.05, 4.69) is 15.5 Å². The third-order valence-electron chi connectivity index (χ3n) is 4.88. The summed E-state index contributed by atoms with van der Waals surface area (Å²) in [6.07, 6.45) is -2.84. The van der Waals surface area contributed by atoms with Gasteiger partial charge in [-0.05, 0) is 76.4 Å². The first-order valence-corrected chi connectivity index (χ1v) is 11.5. The first-order chi connectivity index (χ1) is 13.9. The molecule has 1 fully saturated rings. The van der Waals surface area contributed by atoms with Crippen molar-refractivity contribution in [1.29, 1.82) is 0 Å². The van der Waals surface area contributed by atoms with E-state index in [1.807, 2.05) is 43.4 Å². The minimum absolute atomic E-state index is 0.00938. The quantitative estimate of drug-likeness (QED) is 0.425. The van der Waals surface area contributed by atoms with E-state index < -0.39 is 17.6 Å². The number of alkyl halides is 4. The minimum Gasteiger partial charge on any atom is -0.352 e. The lowest BCUT2D eigenvalue weighted by Crippen LogP contribution is -2.48. The van der Waals surface area contributed by atoms with Crippen LogP contribution < -0.4 is 10.6 Å². The number of nitrogens with one attached hydrogen (secondary N) is 2. The predicted octanol–water partition coefficient (Wildman–Crippen LogP) is 4.00. The lowest BCUT2D eigenvalue weighted by Gasteiger charge is -2.32. The van der Waals surface area contributed by atoms with Crippen LogP contribution in [-0.2, 0) is 15.4 Å². The SMILES string of the molecule is CC(C)(C)NC(=O)CN1CCC(CNC(=O)c2cc(CI)cc(C(F)(F)F)c2)CC1. The smallest absolute Gasteiger partial charge is 0.352 e. The number of hydrogen-bond acceptors (Lipinski definition) is 3. The van der Waals surface area contributed by atoms with Crippen LogP contribution >= 0.6 is 22.6 Å². The van der Waals surface area contributed by atoms with Crippen molar-refractivity contribution in [2.45, 2.75) is 49.8 Å². The van der Waals surface area contributed by atoms with Crippen LogP contribution in [0.15, 0.2) is 18.2 Å². The number of carbonyl (C=O) groups is 2. The van der Waals surface area contributed by atoms with E-state index in [1.165, 1.54) is 6.07 Å². The van der Waals surface area contributed by atoms with Crippen molar-refractivity contribution in [3.05, 3.63) is 34.9 Å². The summed E-state index contributed by atoms with van der Waals surface area (Å²) in [7, 11) is 0. The molecule has 1 heterocycles. The molecule has 0 saturated carbocycles. The van der Waals surface area contributed by atoms with Gasteiger partial charge in [0.15, 0.2) is 0 Å². The van der Waals surface area contributed by atoms with Crippen molar-refractivity contribution < 1.29 is 22.8 Å². The Labute approximate surface area is 189 Å². The Morgan fingerprint density at radius 2 is 1.77 bits per heavy atom. The van der Waals surface area contributed by atoms with Crippen molar-refractivity contribution >= 4 is 34.4 Å². The number of nitrogens with zero attached hydrogens (tertiary/aromatic N) is 1. The molecule has 2 rings (SSSR count). The monoisotopic (exact) mass is 539 g/mol. The van der Waals surface area contributed by atoms with E-state index >= 15 is 0 Å². The fraction of sp³-hybridized carbons (Fsp3) is 0.619. The standard InChI is InChI=1S/C21H29F3IN3O2/c1-20(2,3)27-18(29)13-28-6-4-14(5-7-28)12-26-19(30)16-8-15(11-25)9-17(10-16)21(22,23)24/h8-10,14H,4-7,11-13H2,1-3H3,(H,26,30)(H,27,29). The topological polar surface area (TPSA) is 61.4 Å². The van der Waals surface area contributed by atoms with Crippen LogP contribution in [0.4, 0.5) is 13.2 Å². The van der Waals surface area contributed by atoms with Gasteiger partial charge in [-0.2, -0.15) is 13.2 Å². The maximum Gasteiger partial charge on any atom is 0.416 e. The predicted molar refractivity (Wildman–Crippen MR) is 119 cm³/mol. The fourth-order valence-electron chi connectivity index (χ4n) is 3.41. The normalized spacial score (nSPS) is 16.4. The lowest BCUT2D eigenvalue weighted by atomic mass is 9.96. The number of carbonyl (C=O) groups excluding carboxylic acids is 2. The van der Waals surface area contributed by atoms with E-state index in [0.717, 1.165) is 38.1 Å². The molecule has 9 heteroatoms. The number of halogens is 4. The number of hydrogen-bond donors (Lipinski definition) is 2. The number of benzene rings is 1. The Bertz CT molecular complexity index is 755. The molecule has 1 aliphatic rings. The lowest BCUT2D eigenvalue weighted by molar-refractivity contribution is -0.137. The van der Waals surface area contributed by atoms with Crippen molar-refractivity contribution in [2.75, 3.05) is 26.2 Å². The van der Waals surface area contributed by atoms with Crippen LogP contribution in [-0.4, -0.2) is 48.4 Å². The molecule has 5 nitrogen and oxygen atoms in total. The van der Waals surface area contributed by atoms with Gasteiger partial charge >= 0.3 is 6.18 Å². The molecule has 30 heavy (non-hydrogen) atoms. The Kier molecular flexibility index (Phi) is 8.55. The fourth-order valence-corrected chi connectivity index (χ4v) is 3.85. The molecule has 0 spiro atoms. The molecule has 0 bridgehead atoms. The van der Waals surface area contributed by atoms with E-state index in [9.17, 15) is 22.8 Å². The van der Waals surface area contributed by atoms with Crippen LogP contribution in [0.5, 0.6) is 0 Å². The number of rotatable bonds is 6. The van der Waals surface area contributed by atoms with Crippen molar-refractivity contribution in [2.24, 2.45) is 5.92 Å². The van der Waals surface area contributed by atoms with Crippen LogP contribution in [0.1, 0.15) is 55.1 Å². The zero-order chi connectivity index (χ0) is 22.5. The van der Waals surface area contributed by atoms with Gasteiger partial charge in [0.2, 0.25) is 5.91 Å². The highest BCUT2D eigenvalue weighted by Crippen LogP contribution is 2.31. The molecule has 0 radical (unpaired) electrons. The molecule has 0 aromatic heterocycles. The molecular formula is C21H29F3IN3O2. The summed E-state index contributed by atoms with van der Waals surface area (Å²) in [6.45, 7) is 8.07. The first-order valence-electron chi connectivity index (χ1n) is 9.96. The van der Waals surface area contributed by atoms with Gasteiger partial charge in [0.25, 0.3) is 5.91 Å².